The van der Waals surface area contributed by atoms with Crippen LogP contribution in [0.15, 0.2) is 54.7 Å². The SMILES string of the molecule is CC(C)c1ccc(Nc2nncc(Nc3ccc(C(F)(F)F)cc3)n2)cc1. The van der Waals surface area contributed by atoms with E-state index in [4.69, 9.17) is 0 Å². The molecule has 8 heteroatoms. The minimum absolute atomic E-state index is 0.282. The van der Waals surface area contributed by atoms with Crippen LogP contribution < -0.4 is 10.6 Å². The molecule has 0 fully saturated rings. The van der Waals surface area contributed by atoms with Gasteiger partial charge in [0.05, 0.1) is 11.8 Å². The summed E-state index contributed by atoms with van der Waals surface area (Å²) in [7, 11) is 0. The Morgan fingerprint density at radius 3 is 2.04 bits per heavy atom. The molecule has 0 saturated carbocycles. The monoisotopic (exact) mass is 373 g/mol. The zero-order chi connectivity index (χ0) is 19.4. The Balaban J connectivity index is 1.70. The molecule has 2 N–H and O–H groups in total. The maximum atomic E-state index is 12.6. The number of alkyl halides is 3. The molecule has 0 saturated heterocycles. The third-order valence-corrected chi connectivity index (χ3v) is 3.88. The Labute approximate surface area is 154 Å². The van der Waals surface area contributed by atoms with Crippen LogP contribution in [0.5, 0.6) is 0 Å². The van der Waals surface area contributed by atoms with Crippen LogP contribution in [-0.2, 0) is 6.18 Å². The third kappa shape index (κ3) is 4.93. The summed E-state index contributed by atoms with van der Waals surface area (Å²) in [4.78, 5) is 4.27. The number of rotatable bonds is 5. The molecule has 140 valence electrons. The Kier molecular flexibility index (Phi) is 5.25. The van der Waals surface area contributed by atoms with E-state index in [0.29, 0.717) is 17.4 Å². The number of hydrogen-bond donors (Lipinski definition) is 2. The normalized spacial score (nSPS) is 11.5. The number of nitrogens with one attached hydrogen (secondary N) is 2. The first-order valence-electron chi connectivity index (χ1n) is 8.32. The Morgan fingerprint density at radius 1 is 0.852 bits per heavy atom. The number of hydrogen-bond acceptors (Lipinski definition) is 5. The Morgan fingerprint density at radius 2 is 1.44 bits per heavy atom. The van der Waals surface area contributed by atoms with Gasteiger partial charge in [0.2, 0.25) is 5.95 Å². The van der Waals surface area contributed by atoms with Crippen LogP contribution in [0, 0.1) is 0 Å². The first-order chi connectivity index (χ1) is 12.8. The lowest BCUT2D eigenvalue weighted by Gasteiger charge is -2.10. The van der Waals surface area contributed by atoms with E-state index < -0.39 is 11.7 Å². The molecular weight excluding hydrogens is 355 g/mol. The standard InChI is InChI=1S/C19H18F3N5/c1-12(2)13-3-7-16(8-4-13)25-18-26-17(11-23-27-18)24-15-9-5-14(6-10-15)19(20,21)22/h3-12H,1-2H3,(H2,24,25,26,27). The van der Waals surface area contributed by atoms with E-state index in [1.54, 1.807) is 0 Å². The number of aromatic nitrogens is 3. The van der Waals surface area contributed by atoms with Crippen LogP contribution in [-0.4, -0.2) is 15.2 Å². The van der Waals surface area contributed by atoms with Crippen LogP contribution in [0.4, 0.5) is 36.3 Å². The van der Waals surface area contributed by atoms with Crippen LogP contribution in [0.2, 0.25) is 0 Å². The minimum Gasteiger partial charge on any atom is -0.339 e. The third-order valence-electron chi connectivity index (χ3n) is 3.88. The summed E-state index contributed by atoms with van der Waals surface area (Å²) in [5.74, 6) is 1.09. The van der Waals surface area contributed by atoms with Crippen molar-refractivity contribution in [1.29, 1.82) is 0 Å². The first-order valence-corrected chi connectivity index (χ1v) is 8.32. The van der Waals surface area contributed by atoms with Gasteiger partial charge in [-0.15, -0.1) is 5.10 Å². The second-order valence-corrected chi connectivity index (χ2v) is 6.27. The zero-order valence-corrected chi connectivity index (χ0v) is 14.7. The van der Waals surface area contributed by atoms with Gasteiger partial charge in [0.15, 0.2) is 5.82 Å². The van der Waals surface area contributed by atoms with E-state index in [0.717, 1.165) is 17.8 Å². The quantitative estimate of drug-likeness (QED) is 0.618. The van der Waals surface area contributed by atoms with Gasteiger partial charge in [0.1, 0.15) is 0 Å². The topological polar surface area (TPSA) is 62.7 Å². The fourth-order valence-electron chi connectivity index (χ4n) is 2.39. The summed E-state index contributed by atoms with van der Waals surface area (Å²) in [6.45, 7) is 4.23. The fraction of sp³-hybridized carbons (Fsp3) is 0.211. The van der Waals surface area contributed by atoms with Gasteiger partial charge in [-0.1, -0.05) is 26.0 Å². The number of nitrogens with zero attached hydrogens (tertiary/aromatic N) is 3. The molecule has 3 aromatic rings. The summed E-state index contributed by atoms with van der Waals surface area (Å²) >= 11 is 0. The molecule has 0 atom stereocenters. The lowest BCUT2D eigenvalue weighted by Crippen LogP contribution is -2.05. The van der Waals surface area contributed by atoms with Gasteiger partial charge < -0.3 is 10.6 Å². The highest BCUT2D eigenvalue weighted by Gasteiger charge is 2.29. The van der Waals surface area contributed by atoms with Crippen molar-refractivity contribution in [2.24, 2.45) is 0 Å². The Bertz CT molecular complexity index is 890. The highest BCUT2D eigenvalue weighted by atomic mass is 19.4. The first kappa shape index (κ1) is 18.6. The lowest BCUT2D eigenvalue weighted by molar-refractivity contribution is -0.137. The maximum absolute atomic E-state index is 12.6. The molecule has 1 aromatic heterocycles. The molecule has 0 amide bonds. The summed E-state index contributed by atoms with van der Waals surface area (Å²) in [6.07, 6.45) is -2.97. The van der Waals surface area contributed by atoms with Crippen molar-refractivity contribution in [3.8, 4) is 0 Å². The highest BCUT2D eigenvalue weighted by molar-refractivity contribution is 5.59. The minimum atomic E-state index is -4.36. The van der Waals surface area contributed by atoms with E-state index in [2.05, 4.69) is 39.7 Å². The van der Waals surface area contributed by atoms with E-state index in [1.807, 2.05) is 24.3 Å². The molecule has 5 nitrogen and oxygen atoms in total. The van der Waals surface area contributed by atoms with Crippen LogP contribution in [0.25, 0.3) is 0 Å². The largest absolute Gasteiger partial charge is 0.416 e. The molecule has 1 heterocycles. The average Bonchev–Trinajstić information content (AvgIpc) is 2.62. The molecule has 0 spiro atoms. The van der Waals surface area contributed by atoms with Crippen molar-refractivity contribution in [3.05, 3.63) is 65.9 Å². The molecule has 0 aliphatic rings. The van der Waals surface area contributed by atoms with E-state index in [9.17, 15) is 13.2 Å². The molecule has 2 aromatic carbocycles. The molecule has 27 heavy (non-hydrogen) atoms. The molecule has 3 rings (SSSR count). The number of anilines is 4. The van der Waals surface area contributed by atoms with Crippen molar-refractivity contribution in [2.45, 2.75) is 25.9 Å². The predicted octanol–water partition coefficient (Wildman–Crippen LogP) is 5.50. The van der Waals surface area contributed by atoms with Crippen molar-refractivity contribution < 1.29 is 13.2 Å². The van der Waals surface area contributed by atoms with E-state index in [-0.39, 0.29) is 5.95 Å². The van der Waals surface area contributed by atoms with Crippen LogP contribution in [0.3, 0.4) is 0 Å². The van der Waals surface area contributed by atoms with Gasteiger partial charge >= 0.3 is 6.18 Å². The van der Waals surface area contributed by atoms with E-state index >= 15 is 0 Å². The molecular formula is C19H18F3N5. The zero-order valence-electron chi connectivity index (χ0n) is 14.7. The van der Waals surface area contributed by atoms with Gasteiger partial charge in [0.25, 0.3) is 0 Å². The average molecular weight is 373 g/mol. The van der Waals surface area contributed by atoms with Crippen LogP contribution >= 0.6 is 0 Å². The second-order valence-electron chi connectivity index (χ2n) is 6.27. The van der Waals surface area contributed by atoms with Crippen LogP contribution in [0.1, 0.15) is 30.9 Å². The van der Waals surface area contributed by atoms with Gasteiger partial charge in [-0.3, -0.25) is 0 Å². The molecule has 0 aliphatic heterocycles. The fourth-order valence-corrected chi connectivity index (χ4v) is 2.39. The van der Waals surface area contributed by atoms with Gasteiger partial charge in [-0.25, -0.2) is 0 Å². The molecule has 0 unspecified atom stereocenters. The Hall–Kier alpha value is -3.16. The summed E-state index contributed by atoms with van der Waals surface area (Å²) in [6, 6.07) is 12.6. The van der Waals surface area contributed by atoms with E-state index in [1.165, 1.54) is 23.9 Å². The van der Waals surface area contributed by atoms with Gasteiger partial charge in [-0.05, 0) is 47.9 Å². The summed E-state index contributed by atoms with van der Waals surface area (Å²) < 4.78 is 37.8. The number of benzene rings is 2. The maximum Gasteiger partial charge on any atom is 0.416 e. The second kappa shape index (κ2) is 7.61. The van der Waals surface area contributed by atoms with Crippen molar-refractivity contribution in [2.75, 3.05) is 10.6 Å². The smallest absolute Gasteiger partial charge is 0.339 e. The summed E-state index contributed by atoms with van der Waals surface area (Å²) in [5, 5.41) is 13.7. The molecule has 0 radical (unpaired) electrons. The van der Waals surface area contributed by atoms with Gasteiger partial charge in [0, 0.05) is 11.4 Å². The number of halogens is 3. The molecule has 0 bridgehead atoms. The summed E-state index contributed by atoms with van der Waals surface area (Å²) in [5.41, 5.74) is 1.79. The van der Waals surface area contributed by atoms with Gasteiger partial charge in [-0.2, -0.15) is 23.3 Å². The molecule has 0 aliphatic carbocycles. The predicted molar refractivity (Wildman–Crippen MR) is 98.4 cm³/mol. The lowest BCUT2D eigenvalue weighted by atomic mass is 10.0. The highest BCUT2D eigenvalue weighted by Crippen LogP contribution is 2.30. The van der Waals surface area contributed by atoms with Crippen molar-refractivity contribution >= 4 is 23.1 Å². The van der Waals surface area contributed by atoms with Crippen molar-refractivity contribution in [1.82, 2.24) is 15.2 Å². The van der Waals surface area contributed by atoms with Crippen molar-refractivity contribution in [3.63, 3.8) is 0 Å².